The van der Waals surface area contributed by atoms with Crippen LogP contribution in [0.1, 0.15) is 31.7 Å². The number of hydrogen-bond acceptors (Lipinski definition) is 7. The highest BCUT2D eigenvalue weighted by Crippen LogP contribution is 2.65. The number of likely N-dealkylation sites (tertiary alicyclic amines) is 1. The van der Waals surface area contributed by atoms with Crippen LogP contribution < -0.4 is 5.73 Å². The molecule has 8 heteroatoms. The standard InChI is InChI=1S/C26H24N6OS/c1-31-23-7-16(6-15-2-4-26(15,23)31)32-12-14(9-30-32)19-10-29-25(27)24-18(19)8-21(33-24)20-13-34-22-11-28-5-3-17(20)22/h3,5,8-13,15-16,23H,2,4,6-7H2,1H3,(H2,27,29). The molecule has 170 valence electrons. The first-order chi connectivity index (χ1) is 16.6. The number of nitrogens with zero attached hydrogens (tertiary/aromatic N) is 5. The fourth-order valence-corrected chi connectivity index (χ4v) is 7.77. The van der Waals surface area contributed by atoms with E-state index in [9.17, 15) is 0 Å². The zero-order valence-electron chi connectivity index (χ0n) is 18.8. The molecule has 3 aliphatic rings. The van der Waals surface area contributed by atoms with Gasteiger partial charge in [-0.3, -0.25) is 14.6 Å². The maximum Gasteiger partial charge on any atom is 0.177 e. The lowest BCUT2D eigenvalue weighted by molar-refractivity contribution is 0.116. The van der Waals surface area contributed by atoms with Crippen molar-refractivity contribution >= 4 is 38.2 Å². The lowest BCUT2D eigenvalue weighted by Crippen LogP contribution is -2.44. The van der Waals surface area contributed by atoms with Crippen LogP contribution in [0.15, 0.2) is 52.9 Å². The fourth-order valence-electron chi connectivity index (χ4n) is 6.85. The molecule has 8 rings (SSSR count). The zero-order valence-corrected chi connectivity index (χ0v) is 19.6. The smallest absolute Gasteiger partial charge is 0.177 e. The van der Waals surface area contributed by atoms with Gasteiger partial charge in [0.1, 0.15) is 5.76 Å². The Morgan fingerprint density at radius 1 is 1.18 bits per heavy atom. The van der Waals surface area contributed by atoms with E-state index >= 15 is 0 Å². The van der Waals surface area contributed by atoms with Crippen molar-refractivity contribution in [3.8, 4) is 22.5 Å². The van der Waals surface area contributed by atoms with Gasteiger partial charge in [-0.2, -0.15) is 5.10 Å². The van der Waals surface area contributed by atoms with Gasteiger partial charge in [-0.25, -0.2) is 4.98 Å². The number of aromatic nitrogens is 4. The van der Waals surface area contributed by atoms with Crippen LogP contribution >= 0.6 is 11.3 Å². The van der Waals surface area contributed by atoms with E-state index < -0.39 is 0 Å². The Hall–Kier alpha value is -3.23. The number of pyridine rings is 2. The Bertz CT molecular complexity index is 1590. The average Bonchev–Trinajstić information content (AvgIpc) is 3.33. The van der Waals surface area contributed by atoms with Crippen LogP contribution in [0.5, 0.6) is 0 Å². The van der Waals surface area contributed by atoms with Gasteiger partial charge in [-0.15, -0.1) is 11.3 Å². The Labute approximate surface area is 200 Å². The van der Waals surface area contributed by atoms with Crippen LogP contribution in [0.2, 0.25) is 0 Å². The predicted octanol–water partition coefficient (Wildman–Crippen LogP) is 5.35. The summed E-state index contributed by atoms with van der Waals surface area (Å²) in [5.74, 6) is 2.03. The second-order valence-corrected chi connectivity index (χ2v) is 11.0. The predicted molar refractivity (Wildman–Crippen MR) is 134 cm³/mol. The van der Waals surface area contributed by atoms with E-state index in [4.69, 9.17) is 15.2 Å². The van der Waals surface area contributed by atoms with Gasteiger partial charge >= 0.3 is 0 Å². The van der Waals surface area contributed by atoms with Crippen LogP contribution in [-0.2, 0) is 0 Å². The molecular formula is C26H24N6OS. The second kappa shape index (κ2) is 6.46. The Balaban J connectivity index is 1.18. The molecule has 3 fully saturated rings. The molecular weight excluding hydrogens is 444 g/mol. The van der Waals surface area contributed by atoms with Crippen molar-refractivity contribution < 1.29 is 4.42 Å². The number of nitrogen functional groups attached to an aromatic ring is 1. The van der Waals surface area contributed by atoms with Crippen molar-refractivity contribution in [2.24, 2.45) is 5.92 Å². The summed E-state index contributed by atoms with van der Waals surface area (Å²) in [6.07, 6.45) is 14.9. The van der Waals surface area contributed by atoms with Gasteiger partial charge in [0.15, 0.2) is 11.4 Å². The summed E-state index contributed by atoms with van der Waals surface area (Å²) < 4.78 is 9.59. The maximum atomic E-state index is 6.27. The molecule has 1 spiro atoms. The Kier molecular flexibility index (Phi) is 3.63. The number of thiophene rings is 1. The topological polar surface area (TPSA) is 85.8 Å². The minimum atomic E-state index is 0.406. The van der Waals surface area contributed by atoms with Crippen LogP contribution in [-0.4, -0.2) is 43.3 Å². The normalized spacial score (nSPS) is 29.7. The summed E-state index contributed by atoms with van der Waals surface area (Å²) in [5.41, 5.74) is 10.5. The van der Waals surface area contributed by atoms with Gasteiger partial charge in [0, 0.05) is 69.2 Å². The van der Waals surface area contributed by atoms with Crippen molar-refractivity contribution in [1.29, 1.82) is 0 Å². The fraction of sp³-hybridized carbons (Fsp3) is 0.346. The first-order valence-corrected chi connectivity index (χ1v) is 12.8. The molecule has 6 heterocycles. The highest BCUT2D eigenvalue weighted by Gasteiger charge is 2.71. The molecule has 0 aromatic carbocycles. The molecule has 5 aromatic heterocycles. The van der Waals surface area contributed by atoms with Crippen molar-refractivity contribution in [2.75, 3.05) is 12.8 Å². The van der Waals surface area contributed by atoms with Gasteiger partial charge in [0.2, 0.25) is 0 Å². The molecule has 5 atom stereocenters. The number of rotatable bonds is 3. The summed E-state index contributed by atoms with van der Waals surface area (Å²) in [7, 11) is 2.30. The molecule has 0 radical (unpaired) electrons. The van der Waals surface area contributed by atoms with Gasteiger partial charge in [0.05, 0.1) is 16.9 Å². The second-order valence-electron chi connectivity index (χ2n) is 10.1. The molecule has 2 saturated carbocycles. The molecule has 7 nitrogen and oxygen atoms in total. The first kappa shape index (κ1) is 19.1. The highest BCUT2D eigenvalue weighted by molar-refractivity contribution is 7.17. The molecule has 0 bridgehead atoms. The highest BCUT2D eigenvalue weighted by atomic mass is 32.1. The van der Waals surface area contributed by atoms with E-state index in [1.807, 2.05) is 30.9 Å². The quantitative estimate of drug-likeness (QED) is 0.359. The van der Waals surface area contributed by atoms with Gasteiger partial charge in [-0.1, -0.05) is 0 Å². The van der Waals surface area contributed by atoms with E-state index in [1.54, 1.807) is 11.3 Å². The maximum absolute atomic E-state index is 6.27. The minimum absolute atomic E-state index is 0.406. The third kappa shape index (κ3) is 2.37. The zero-order chi connectivity index (χ0) is 22.6. The molecule has 2 N–H and O–H groups in total. The van der Waals surface area contributed by atoms with Crippen molar-refractivity contribution in [3.05, 3.63) is 48.5 Å². The number of anilines is 1. The number of hydrogen-bond donors (Lipinski definition) is 1. The summed E-state index contributed by atoms with van der Waals surface area (Å²) in [6.45, 7) is 0. The van der Waals surface area contributed by atoms with E-state index in [0.717, 1.165) is 49.9 Å². The summed E-state index contributed by atoms with van der Waals surface area (Å²) in [4.78, 5) is 11.3. The minimum Gasteiger partial charge on any atom is -0.452 e. The molecule has 5 unspecified atom stereocenters. The molecule has 1 aliphatic heterocycles. The molecule has 34 heavy (non-hydrogen) atoms. The van der Waals surface area contributed by atoms with Crippen LogP contribution in [0.25, 0.3) is 43.5 Å². The van der Waals surface area contributed by atoms with Gasteiger partial charge in [-0.05, 0) is 50.8 Å². The third-order valence-corrected chi connectivity index (χ3v) is 9.74. The number of fused-ring (bicyclic) bond motifs is 2. The number of nitrogens with two attached hydrogens (primary N) is 1. The van der Waals surface area contributed by atoms with E-state index in [1.165, 1.54) is 25.7 Å². The summed E-state index contributed by atoms with van der Waals surface area (Å²) in [5, 5.41) is 9.03. The third-order valence-electron chi connectivity index (χ3n) is 8.80. The van der Waals surface area contributed by atoms with Crippen molar-refractivity contribution in [3.63, 3.8) is 0 Å². The molecule has 1 saturated heterocycles. The Morgan fingerprint density at radius 3 is 2.97 bits per heavy atom. The number of likely N-dealkylation sites (N-methyl/N-ethyl adjacent to an activating group) is 1. The Morgan fingerprint density at radius 2 is 2.12 bits per heavy atom. The first-order valence-electron chi connectivity index (χ1n) is 11.9. The SMILES string of the molecule is CN1C2CC(n3cc(-c4cnc(N)c5oc(-c6csc7cnccc67)cc45)cn3)CC3CCC321. The van der Waals surface area contributed by atoms with Gasteiger partial charge < -0.3 is 10.2 Å². The summed E-state index contributed by atoms with van der Waals surface area (Å²) in [6, 6.07) is 5.31. The molecule has 0 amide bonds. The number of furan rings is 1. The largest absolute Gasteiger partial charge is 0.452 e. The van der Waals surface area contributed by atoms with E-state index in [2.05, 4.69) is 44.2 Å². The van der Waals surface area contributed by atoms with Crippen LogP contribution in [0.3, 0.4) is 0 Å². The molecule has 5 aromatic rings. The lowest BCUT2D eigenvalue weighted by Gasteiger charge is -2.43. The van der Waals surface area contributed by atoms with E-state index in [0.29, 0.717) is 23.0 Å². The monoisotopic (exact) mass is 468 g/mol. The van der Waals surface area contributed by atoms with E-state index in [-0.39, 0.29) is 0 Å². The lowest BCUT2D eigenvalue weighted by atomic mass is 9.63. The average molecular weight is 469 g/mol. The van der Waals surface area contributed by atoms with Crippen molar-refractivity contribution in [1.82, 2.24) is 24.6 Å². The van der Waals surface area contributed by atoms with Crippen LogP contribution in [0.4, 0.5) is 5.82 Å². The van der Waals surface area contributed by atoms with Crippen LogP contribution in [0, 0.1) is 5.92 Å². The molecule has 2 aliphatic carbocycles. The van der Waals surface area contributed by atoms with Gasteiger partial charge in [0.25, 0.3) is 0 Å². The van der Waals surface area contributed by atoms with Crippen molar-refractivity contribution in [2.45, 2.75) is 43.3 Å². The summed E-state index contributed by atoms with van der Waals surface area (Å²) >= 11 is 1.66.